The van der Waals surface area contributed by atoms with Crippen molar-refractivity contribution in [2.45, 2.75) is 19.8 Å². The van der Waals surface area contributed by atoms with Gasteiger partial charge in [-0.05, 0) is 36.2 Å². The van der Waals surface area contributed by atoms with Gasteiger partial charge in [-0.25, -0.2) is 9.78 Å². The normalized spacial score (nSPS) is 10.6. The van der Waals surface area contributed by atoms with Crippen molar-refractivity contribution in [3.05, 3.63) is 47.3 Å². The molecule has 2 heterocycles. The van der Waals surface area contributed by atoms with E-state index >= 15 is 0 Å². The van der Waals surface area contributed by atoms with Crippen LogP contribution in [0.25, 0.3) is 21.0 Å². The Labute approximate surface area is 153 Å². The van der Waals surface area contributed by atoms with Gasteiger partial charge in [0, 0.05) is 16.7 Å². The second-order valence-corrected chi connectivity index (χ2v) is 7.32. The molecule has 3 aromatic rings. The predicted molar refractivity (Wildman–Crippen MR) is 101 cm³/mol. The van der Waals surface area contributed by atoms with E-state index in [9.17, 15) is 9.59 Å². The van der Waals surface area contributed by atoms with Crippen LogP contribution in [0.1, 0.15) is 30.1 Å². The highest BCUT2D eigenvalue weighted by Gasteiger charge is 2.11. The fourth-order valence-electron chi connectivity index (χ4n) is 2.26. The van der Waals surface area contributed by atoms with E-state index in [1.54, 1.807) is 35.6 Å². The molecule has 0 saturated carbocycles. The molecule has 0 aliphatic heterocycles. The number of carboxylic acid groups (broad SMARTS) is 1. The van der Waals surface area contributed by atoms with Crippen molar-refractivity contribution < 1.29 is 14.7 Å². The van der Waals surface area contributed by atoms with Crippen LogP contribution in [0.3, 0.4) is 0 Å². The highest BCUT2D eigenvalue weighted by atomic mass is 32.1. The van der Waals surface area contributed by atoms with Crippen LogP contribution in [-0.4, -0.2) is 22.0 Å². The molecule has 0 spiro atoms. The summed E-state index contributed by atoms with van der Waals surface area (Å²) < 4.78 is 0. The van der Waals surface area contributed by atoms with E-state index in [0.29, 0.717) is 11.6 Å². The predicted octanol–water partition coefficient (Wildman–Crippen LogP) is 4.98. The van der Waals surface area contributed by atoms with Gasteiger partial charge in [-0.1, -0.05) is 19.1 Å². The Morgan fingerprint density at radius 3 is 2.52 bits per heavy atom. The monoisotopic (exact) mass is 372 g/mol. The molecule has 25 heavy (non-hydrogen) atoms. The minimum Gasteiger partial charge on any atom is -0.478 e. The van der Waals surface area contributed by atoms with Crippen molar-refractivity contribution in [2.24, 2.45) is 0 Å². The van der Waals surface area contributed by atoms with Crippen LogP contribution in [0.4, 0.5) is 5.13 Å². The van der Waals surface area contributed by atoms with Gasteiger partial charge < -0.3 is 10.4 Å². The van der Waals surface area contributed by atoms with Crippen LogP contribution in [0.15, 0.2) is 41.8 Å². The average molecular weight is 372 g/mol. The molecule has 0 radical (unpaired) electrons. The molecule has 0 saturated heterocycles. The number of hydrogen-bond donors (Lipinski definition) is 2. The van der Waals surface area contributed by atoms with E-state index in [-0.39, 0.29) is 11.5 Å². The van der Waals surface area contributed by atoms with Crippen molar-refractivity contribution in [1.82, 2.24) is 4.98 Å². The summed E-state index contributed by atoms with van der Waals surface area (Å²) in [4.78, 5) is 29.1. The summed E-state index contributed by atoms with van der Waals surface area (Å²) in [5, 5.41) is 14.3. The molecule has 7 heteroatoms. The SMILES string of the molecule is CCCC(=O)Nc1nc(-c2ccc(-c3ccc(C(=O)O)cc3)s2)cs1. The molecule has 2 aromatic heterocycles. The number of rotatable bonds is 6. The van der Waals surface area contributed by atoms with E-state index in [2.05, 4.69) is 10.3 Å². The molecule has 5 nitrogen and oxygen atoms in total. The van der Waals surface area contributed by atoms with Gasteiger partial charge >= 0.3 is 5.97 Å². The van der Waals surface area contributed by atoms with Crippen molar-refractivity contribution >= 4 is 39.7 Å². The lowest BCUT2D eigenvalue weighted by Crippen LogP contribution is -2.10. The minimum absolute atomic E-state index is 0.0196. The summed E-state index contributed by atoms with van der Waals surface area (Å²) in [7, 11) is 0. The number of carbonyl (C=O) groups is 2. The Morgan fingerprint density at radius 2 is 1.84 bits per heavy atom. The molecule has 0 aliphatic carbocycles. The Morgan fingerprint density at radius 1 is 1.12 bits per heavy atom. The number of thiophene rings is 1. The first-order valence-corrected chi connectivity index (χ1v) is 9.45. The maximum absolute atomic E-state index is 11.6. The van der Waals surface area contributed by atoms with Crippen molar-refractivity contribution in [3.8, 4) is 21.0 Å². The van der Waals surface area contributed by atoms with Gasteiger partial charge in [-0.3, -0.25) is 4.79 Å². The summed E-state index contributed by atoms with van der Waals surface area (Å²) >= 11 is 2.99. The summed E-state index contributed by atoms with van der Waals surface area (Å²) in [6.45, 7) is 1.96. The van der Waals surface area contributed by atoms with Crippen LogP contribution < -0.4 is 5.32 Å². The lowest BCUT2D eigenvalue weighted by atomic mass is 10.1. The number of benzene rings is 1. The Kier molecular flexibility index (Phi) is 5.25. The van der Waals surface area contributed by atoms with Crippen molar-refractivity contribution in [3.63, 3.8) is 0 Å². The fraction of sp³-hybridized carbons (Fsp3) is 0.167. The van der Waals surface area contributed by atoms with E-state index in [1.807, 2.05) is 24.4 Å². The number of anilines is 1. The molecule has 2 N–H and O–H groups in total. The lowest BCUT2D eigenvalue weighted by Gasteiger charge is -1.99. The van der Waals surface area contributed by atoms with E-state index < -0.39 is 5.97 Å². The number of nitrogens with one attached hydrogen (secondary N) is 1. The molecule has 0 atom stereocenters. The molecular weight excluding hydrogens is 356 g/mol. The summed E-state index contributed by atoms with van der Waals surface area (Å²) in [5.74, 6) is -0.952. The third-order valence-corrected chi connectivity index (χ3v) is 5.42. The van der Waals surface area contributed by atoms with Crippen LogP contribution in [0.5, 0.6) is 0 Å². The number of aromatic nitrogens is 1. The number of carboxylic acids is 1. The first kappa shape index (κ1) is 17.3. The molecule has 1 amide bonds. The number of nitrogens with zero attached hydrogens (tertiary/aromatic N) is 1. The van der Waals surface area contributed by atoms with Crippen molar-refractivity contribution in [1.29, 1.82) is 0 Å². The Hall–Kier alpha value is -2.51. The van der Waals surface area contributed by atoms with E-state index in [1.165, 1.54) is 11.3 Å². The summed E-state index contributed by atoms with van der Waals surface area (Å²) in [5.41, 5.74) is 2.07. The molecule has 0 bridgehead atoms. The van der Waals surface area contributed by atoms with Gasteiger partial charge in [-0.15, -0.1) is 22.7 Å². The molecule has 0 aliphatic rings. The number of hydrogen-bond acceptors (Lipinski definition) is 5. The second-order valence-electron chi connectivity index (χ2n) is 5.38. The number of thiazole rings is 1. The molecule has 128 valence electrons. The third kappa shape index (κ3) is 4.12. The standard InChI is InChI=1S/C18H16N2O3S2/c1-2-3-16(21)20-18-19-13(10-24-18)15-9-8-14(25-15)11-4-6-12(7-5-11)17(22)23/h4-10H,2-3H2,1H3,(H,22,23)(H,19,20,21). The van der Waals surface area contributed by atoms with Gasteiger partial charge in [0.15, 0.2) is 5.13 Å². The lowest BCUT2D eigenvalue weighted by molar-refractivity contribution is -0.116. The van der Waals surface area contributed by atoms with Crippen LogP contribution >= 0.6 is 22.7 Å². The van der Waals surface area contributed by atoms with Crippen LogP contribution in [0, 0.1) is 0 Å². The number of aromatic carboxylic acids is 1. The molecule has 3 rings (SSSR count). The van der Waals surface area contributed by atoms with Gasteiger partial charge in [0.05, 0.1) is 16.1 Å². The largest absolute Gasteiger partial charge is 0.478 e. The zero-order valence-corrected chi connectivity index (χ0v) is 15.1. The molecule has 1 aromatic carbocycles. The summed E-state index contributed by atoms with van der Waals surface area (Å²) in [6, 6.07) is 10.8. The number of carbonyl (C=O) groups excluding carboxylic acids is 1. The maximum atomic E-state index is 11.6. The Bertz CT molecular complexity index is 897. The highest BCUT2D eigenvalue weighted by molar-refractivity contribution is 7.19. The molecule has 0 fully saturated rings. The zero-order valence-electron chi connectivity index (χ0n) is 13.5. The van der Waals surface area contributed by atoms with Crippen LogP contribution in [-0.2, 0) is 4.79 Å². The molecular formula is C18H16N2O3S2. The van der Waals surface area contributed by atoms with Gasteiger partial charge in [0.1, 0.15) is 0 Å². The first-order valence-electron chi connectivity index (χ1n) is 7.76. The number of amides is 1. The van der Waals surface area contributed by atoms with E-state index in [0.717, 1.165) is 27.4 Å². The van der Waals surface area contributed by atoms with Crippen molar-refractivity contribution in [2.75, 3.05) is 5.32 Å². The van der Waals surface area contributed by atoms with Gasteiger partial charge in [0.2, 0.25) is 5.91 Å². The van der Waals surface area contributed by atoms with Gasteiger partial charge in [-0.2, -0.15) is 0 Å². The molecule has 0 unspecified atom stereocenters. The van der Waals surface area contributed by atoms with Crippen LogP contribution in [0.2, 0.25) is 0 Å². The smallest absolute Gasteiger partial charge is 0.335 e. The Balaban J connectivity index is 1.76. The minimum atomic E-state index is -0.932. The quantitative estimate of drug-likeness (QED) is 0.640. The highest BCUT2D eigenvalue weighted by Crippen LogP contribution is 2.35. The maximum Gasteiger partial charge on any atom is 0.335 e. The second kappa shape index (κ2) is 7.58. The summed E-state index contributed by atoms with van der Waals surface area (Å²) in [6.07, 6.45) is 1.30. The first-order chi connectivity index (χ1) is 12.1. The topological polar surface area (TPSA) is 79.3 Å². The zero-order chi connectivity index (χ0) is 17.8. The van der Waals surface area contributed by atoms with Gasteiger partial charge in [0.25, 0.3) is 0 Å². The fourth-order valence-corrected chi connectivity index (χ4v) is 4.03. The average Bonchev–Trinajstić information content (AvgIpc) is 3.24. The third-order valence-electron chi connectivity index (χ3n) is 3.50. The van der Waals surface area contributed by atoms with E-state index in [4.69, 9.17) is 5.11 Å².